The van der Waals surface area contributed by atoms with Crippen LogP contribution >= 0.6 is 35.7 Å². The van der Waals surface area contributed by atoms with Crippen molar-refractivity contribution in [2.75, 3.05) is 18.8 Å². The van der Waals surface area contributed by atoms with Gasteiger partial charge in [-0.2, -0.15) is 0 Å². The first-order valence-electron chi connectivity index (χ1n) is 10.8. The van der Waals surface area contributed by atoms with Crippen molar-refractivity contribution in [1.82, 2.24) is 15.1 Å². The first-order chi connectivity index (χ1) is 15.3. The molecule has 0 saturated carbocycles. The molecule has 3 aliphatic rings. The number of piperidine rings is 1. The van der Waals surface area contributed by atoms with Crippen molar-refractivity contribution in [1.29, 1.82) is 0 Å². The predicted octanol–water partition coefficient (Wildman–Crippen LogP) is 2.34. The zero-order chi connectivity index (χ0) is 22.9. The van der Waals surface area contributed by atoms with Gasteiger partial charge in [-0.1, -0.05) is 54.3 Å². The van der Waals surface area contributed by atoms with Crippen molar-refractivity contribution in [3.8, 4) is 0 Å². The number of hydrogen-bond acceptors (Lipinski definition) is 6. The molecule has 7 nitrogen and oxygen atoms in total. The number of carbonyl (C=O) groups is 3. The fraction of sp³-hybridized carbons (Fsp3) is 0.545. The maximum atomic E-state index is 12.8. The Morgan fingerprint density at radius 3 is 2.59 bits per heavy atom. The molecule has 2 N–H and O–H groups in total. The number of nitrogens with zero attached hydrogens (tertiary/aromatic N) is 2. The first-order valence-corrected chi connectivity index (χ1v) is 13.1. The number of carboxylic acids is 1. The summed E-state index contributed by atoms with van der Waals surface area (Å²) in [5.74, 6) is -1.09. The molecule has 1 aromatic rings. The summed E-state index contributed by atoms with van der Waals surface area (Å²) in [7, 11) is 0. The molecule has 3 heterocycles. The Hall–Kier alpha value is -1.78. The molecule has 4 rings (SSSR count). The van der Waals surface area contributed by atoms with Gasteiger partial charge in [-0.05, 0) is 31.7 Å². The van der Waals surface area contributed by atoms with Crippen LogP contribution in [0.25, 0.3) is 0 Å². The monoisotopic (exact) mass is 493 g/mol. The Labute approximate surface area is 201 Å². The van der Waals surface area contributed by atoms with Crippen LogP contribution in [0.3, 0.4) is 0 Å². The molecule has 172 valence electrons. The molecule has 0 aliphatic carbocycles. The SMILES string of the molecule is CC1(CSC(=S)N2CCCCC2)SC2C(NC(=O)Cc3ccccc3)C(=O)N2C1C(=O)O. The van der Waals surface area contributed by atoms with Crippen LogP contribution in [-0.2, 0) is 20.8 Å². The second kappa shape index (κ2) is 9.61. The van der Waals surface area contributed by atoms with E-state index in [1.165, 1.54) is 34.8 Å². The zero-order valence-electron chi connectivity index (χ0n) is 17.9. The van der Waals surface area contributed by atoms with E-state index in [9.17, 15) is 19.5 Å². The van der Waals surface area contributed by atoms with Gasteiger partial charge in [0.1, 0.15) is 21.8 Å². The number of fused-ring (bicyclic) bond motifs is 1. The van der Waals surface area contributed by atoms with Gasteiger partial charge in [0.05, 0.1) is 11.2 Å². The summed E-state index contributed by atoms with van der Waals surface area (Å²) in [6, 6.07) is 7.69. The Kier molecular flexibility index (Phi) is 7.02. The highest BCUT2D eigenvalue weighted by molar-refractivity contribution is 8.23. The molecule has 4 unspecified atom stereocenters. The third-order valence-corrected chi connectivity index (χ3v) is 9.87. The van der Waals surface area contributed by atoms with Gasteiger partial charge in [-0.25, -0.2) is 4.79 Å². The minimum Gasteiger partial charge on any atom is -0.480 e. The fourth-order valence-electron chi connectivity index (χ4n) is 4.52. The second-order valence-electron chi connectivity index (χ2n) is 8.62. The van der Waals surface area contributed by atoms with Gasteiger partial charge in [0.15, 0.2) is 0 Å². The quantitative estimate of drug-likeness (QED) is 0.461. The number of carboxylic acid groups (broad SMARTS) is 1. The molecule has 3 aliphatic heterocycles. The molecule has 3 fully saturated rings. The highest BCUT2D eigenvalue weighted by Crippen LogP contribution is 2.52. The van der Waals surface area contributed by atoms with Crippen LogP contribution in [0.15, 0.2) is 30.3 Å². The highest BCUT2D eigenvalue weighted by Gasteiger charge is 2.65. The summed E-state index contributed by atoms with van der Waals surface area (Å²) >= 11 is 8.55. The van der Waals surface area contributed by atoms with Crippen LogP contribution in [0.5, 0.6) is 0 Å². The number of likely N-dealkylation sites (tertiary alicyclic amines) is 1. The largest absolute Gasteiger partial charge is 0.480 e. The number of thioether (sulfide) groups is 2. The molecular weight excluding hydrogens is 466 g/mol. The first kappa shape index (κ1) is 23.4. The summed E-state index contributed by atoms with van der Waals surface area (Å²) in [6.07, 6.45) is 3.65. The third-order valence-electron chi connectivity index (χ3n) is 6.18. The molecule has 0 spiro atoms. The number of amides is 2. The van der Waals surface area contributed by atoms with E-state index in [0.717, 1.165) is 35.8 Å². The minimum absolute atomic E-state index is 0.182. The molecule has 10 heteroatoms. The predicted molar refractivity (Wildman–Crippen MR) is 131 cm³/mol. The number of benzene rings is 1. The van der Waals surface area contributed by atoms with Gasteiger partial charge in [0, 0.05) is 18.8 Å². The Morgan fingerprint density at radius 1 is 1.25 bits per heavy atom. The van der Waals surface area contributed by atoms with Gasteiger partial charge < -0.3 is 20.2 Å². The fourth-order valence-corrected chi connectivity index (χ4v) is 7.82. The topological polar surface area (TPSA) is 90.0 Å². The number of carbonyl (C=O) groups excluding carboxylic acids is 2. The van der Waals surface area contributed by atoms with Crippen LogP contribution < -0.4 is 5.32 Å². The van der Waals surface area contributed by atoms with E-state index in [1.54, 1.807) is 0 Å². The van der Waals surface area contributed by atoms with Gasteiger partial charge in [0.2, 0.25) is 11.8 Å². The summed E-state index contributed by atoms with van der Waals surface area (Å²) in [4.78, 5) is 41.0. The molecule has 0 aromatic heterocycles. The summed E-state index contributed by atoms with van der Waals surface area (Å²) in [5.41, 5.74) is 0.864. The van der Waals surface area contributed by atoms with E-state index >= 15 is 0 Å². The zero-order valence-corrected chi connectivity index (χ0v) is 20.3. The summed E-state index contributed by atoms with van der Waals surface area (Å²) < 4.78 is 0.0965. The Bertz CT molecular complexity index is 909. The molecule has 0 bridgehead atoms. The van der Waals surface area contributed by atoms with Gasteiger partial charge in [-0.15, -0.1) is 11.8 Å². The number of rotatable bonds is 6. The Balaban J connectivity index is 1.40. The van der Waals surface area contributed by atoms with E-state index in [0.29, 0.717) is 5.75 Å². The van der Waals surface area contributed by atoms with Gasteiger partial charge in [0.25, 0.3) is 0 Å². The summed E-state index contributed by atoms with van der Waals surface area (Å²) in [5, 5.41) is 12.4. The lowest BCUT2D eigenvalue weighted by molar-refractivity contribution is -0.161. The van der Waals surface area contributed by atoms with E-state index in [1.807, 2.05) is 37.3 Å². The van der Waals surface area contributed by atoms with Crippen LogP contribution in [0.4, 0.5) is 0 Å². The van der Waals surface area contributed by atoms with Crippen molar-refractivity contribution >= 4 is 57.8 Å². The van der Waals surface area contributed by atoms with Gasteiger partial charge in [-0.3, -0.25) is 9.59 Å². The maximum absolute atomic E-state index is 12.8. The van der Waals surface area contributed by atoms with E-state index < -0.39 is 22.8 Å². The average molecular weight is 494 g/mol. The number of hydrogen-bond donors (Lipinski definition) is 2. The highest BCUT2D eigenvalue weighted by atomic mass is 32.2. The molecular formula is C22H27N3O4S3. The smallest absolute Gasteiger partial charge is 0.327 e. The molecule has 0 radical (unpaired) electrons. The lowest BCUT2D eigenvalue weighted by atomic mass is 9.95. The van der Waals surface area contributed by atoms with Gasteiger partial charge >= 0.3 is 5.97 Å². The number of β-lactam (4-membered cyclic amide) rings is 1. The van der Waals surface area contributed by atoms with Crippen LogP contribution in [0.2, 0.25) is 0 Å². The number of thiocarbonyl (C=S) groups is 1. The minimum atomic E-state index is -1.02. The van der Waals surface area contributed by atoms with Crippen LogP contribution in [-0.4, -0.2) is 78.1 Å². The average Bonchev–Trinajstić information content (AvgIpc) is 3.07. The summed E-state index contributed by atoms with van der Waals surface area (Å²) in [6.45, 7) is 3.78. The van der Waals surface area contributed by atoms with E-state index in [-0.39, 0.29) is 23.6 Å². The van der Waals surface area contributed by atoms with Crippen molar-refractivity contribution in [2.45, 2.75) is 54.8 Å². The lowest BCUT2D eigenvalue weighted by Crippen LogP contribution is -2.70. The van der Waals surface area contributed by atoms with Crippen LogP contribution in [0, 0.1) is 0 Å². The third kappa shape index (κ3) is 4.63. The molecule has 32 heavy (non-hydrogen) atoms. The van der Waals surface area contributed by atoms with Crippen molar-refractivity contribution < 1.29 is 19.5 Å². The number of aliphatic carboxylic acids is 1. The van der Waals surface area contributed by atoms with Crippen LogP contribution in [0.1, 0.15) is 31.7 Å². The second-order valence-corrected chi connectivity index (χ2v) is 11.9. The Morgan fingerprint density at radius 2 is 1.94 bits per heavy atom. The van der Waals surface area contributed by atoms with E-state index in [4.69, 9.17) is 12.2 Å². The standard InChI is InChI=1S/C22H27N3O4S3/c1-22(13-31-21(30)24-10-6-3-7-11-24)17(20(28)29)25-18(27)16(19(25)32-22)23-15(26)12-14-8-4-2-5-9-14/h2,4-5,8-9,16-17,19H,3,6-7,10-13H2,1H3,(H,23,26)(H,28,29). The van der Waals surface area contributed by atoms with E-state index in [2.05, 4.69) is 10.2 Å². The number of nitrogens with one attached hydrogen (secondary N) is 1. The molecule has 2 amide bonds. The van der Waals surface area contributed by atoms with Crippen molar-refractivity contribution in [2.24, 2.45) is 0 Å². The van der Waals surface area contributed by atoms with Crippen molar-refractivity contribution in [3.63, 3.8) is 0 Å². The molecule has 1 aromatic carbocycles. The molecule has 4 atom stereocenters. The normalized spacial score (nSPS) is 29.3. The molecule has 3 saturated heterocycles. The van der Waals surface area contributed by atoms with Crippen molar-refractivity contribution in [3.05, 3.63) is 35.9 Å². The lowest BCUT2D eigenvalue weighted by Gasteiger charge is -2.43. The maximum Gasteiger partial charge on any atom is 0.327 e.